The van der Waals surface area contributed by atoms with Crippen molar-refractivity contribution in [2.24, 2.45) is 50.2 Å². The molecular formula is C52H81O23-. The molecule has 5 aliphatic carbocycles. The van der Waals surface area contributed by atoms with Crippen LogP contribution < -0.4 is 5.11 Å². The van der Waals surface area contributed by atoms with Crippen LogP contribution in [0, 0.1) is 50.2 Å². The molecule has 2 unspecified atom stereocenters. The average Bonchev–Trinajstić information content (AvgIpc) is 3.35. The van der Waals surface area contributed by atoms with Gasteiger partial charge in [0.2, 0.25) is 6.29 Å². The molecule has 23 nitrogen and oxygen atoms in total. The van der Waals surface area contributed by atoms with Crippen LogP contribution in [0.5, 0.6) is 0 Å². The lowest BCUT2D eigenvalue weighted by atomic mass is 9.33. The molecule has 23 heteroatoms. The van der Waals surface area contributed by atoms with Crippen molar-refractivity contribution >= 4 is 11.9 Å². The summed E-state index contributed by atoms with van der Waals surface area (Å²) in [4.78, 5) is 28.8. The average molecular weight is 1070 g/mol. The summed E-state index contributed by atoms with van der Waals surface area (Å²) < 4.78 is 47.0. The summed E-state index contributed by atoms with van der Waals surface area (Å²) in [6.07, 6.45) is -25.3. The predicted octanol–water partition coefficient (Wildman–Crippen LogP) is -3.03. The fraction of sp³-hybridized carbons (Fsp3) is 0.923. The number of hydrogen-bond donors (Lipinski definition) is 12. The minimum Gasteiger partial charge on any atom is -0.549 e. The molecule has 0 aromatic carbocycles. The summed E-state index contributed by atoms with van der Waals surface area (Å²) >= 11 is 0. The van der Waals surface area contributed by atoms with E-state index in [1.165, 1.54) is 13.8 Å². The Kier molecular flexibility index (Phi) is 15.7. The van der Waals surface area contributed by atoms with Crippen LogP contribution in [0.3, 0.4) is 0 Å². The molecular weight excluding hydrogens is 993 g/mol. The molecule has 9 rings (SSSR count). The molecule has 0 amide bonds. The van der Waals surface area contributed by atoms with Gasteiger partial charge in [-0.15, -0.1) is 0 Å². The van der Waals surface area contributed by atoms with E-state index in [9.17, 15) is 71.2 Å². The highest BCUT2D eigenvalue weighted by Gasteiger charge is 2.72. The Labute approximate surface area is 435 Å². The standard InChI is InChI=1S/C52H82O23/c1-21-38(72-41-35(62)30(57)25(55)19-68-41)34(61)37(64)42(70-21)73-39-31(58)26(56)20-69-44(39)75-46(67)52-14-12-47(2,3)16-23(52)22-8-9-28-48(4)17-24(54)40(74-43-36(63)33(60)32(59)27(18-53)71-43)51(7,45(65)66)29(48)10-11-50(28,6)49(22,5)13-15-52/h8,21,23-44,53-64H,9-20H2,1-7H3,(H,65,66)/p-1/t21-,23-,24-,25+,26-,27+,28?,29?,30-,31-,32+,33-,34-,35+,36+,37+,38-,39+,40-,41-,42-,43-,44-,48+,49+,50+,51-,52-/m0/s1. The third-order valence-electron chi connectivity index (χ3n) is 20.7. The zero-order chi connectivity index (χ0) is 54.9. The van der Waals surface area contributed by atoms with Crippen molar-refractivity contribution in [3.8, 4) is 0 Å². The Morgan fingerprint density at radius 3 is 1.91 bits per heavy atom. The molecule has 4 saturated carbocycles. The van der Waals surface area contributed by atoms with Crippen LogP contribution in [-0.4, -0.2) is 216 Å². The summed E-state index contributed by atoms with van der Waals surface area (Å²) in [7, 11) is 0. The first kappa shape index (κ1) is 57.6. The number of carboxylic acids is 1. The third kappa shape index (κ3) is 9.16. The maximum Gasteiger partial charge on any atom is 0.315 e. The van der Waals surface area contributed by atoms with Crippen molar-refractivity contribution in [3.05, 3.63) is 11.6 Å². The first-order chi connectivity index (χ1) is 35.0. The van der Waals surface area contributed by atoms with Crippen molar-refractivity contribution in [1.29, 1.82) is 0 Å². The van der Waals surface area contributed by atoms with Gasteiger partial charge < -0.3 is 109 Å². The van der Waals surface area contributed by atoms with Gasteiger partial charge in [0.15, 0.2) is 25.0 Å². The highest BCUT2D eigenvalue weighted by molar-refractivity contribution is 5.79. The Morgan fingerprint density at radius 2 is 1.24 bits per heavy atom. The van der Waals surface area contributed by atoms with E-state index < -0.39 is 181 Å². The van der Waals surface area contributed by atoms with Gasteiger partial charge in [-0.1, -0.05) is 53.2 Å². The minimum atomic E-state index is -1.87. The molecule has 8 fully saturated rings. The van der Waals surface area contributed by atoms with Gasteiger partial charge in [-0.25, -0.2) is 0 Å². The Hall–Kier alpha value is -2.08. The zero-order valence-corrected chi connectivity index (χ0v) is 43.7. The Bertz CT molecular complexity index is 2130. The molecule has 4 heterocycles. The SMILES string of the molecule is C[C@@H]1O[C@@H](O[C@H]2[C@H](OC(=O)[C@]34CCC(C)(C)C[C@H]3C3=CCC5[C@@]6(C)C[C@H](O)[C@H](O[C@@H]7O[C@H](CO)[C@@H](O)[C@H](O)[C@H]7O)[C@@](C)(C(=O)[O-])C6CC[C@@]5(C)[C@]3(C)CC4)OC[C@H](O)[C@@H]2O)[C@H](O)[C@H](O)[C@H]1O[C@@H]1OC[C@@H](O)[C@H](O)[C@H]1O. The topological polar surface area (TPSA) is 374 Å². The molecule has 0 radical (unpaired) electrons. The second kappa shape index (κ2) is 20.5. The smallest absolute Gasteiger partial charge is 0.315 e. The number of aliphatic hydroxyl groups excluding tert-OH is 12. The van der Waals surface area contributed by atoms with Gasteiger partial charge in [-0.2, -0.15) is 0 Å². The first-order valence-corrected chi connectivity index (χ1v) is 26.7. The van der Waals surface area contributed by atoms with E-state index >= 15 is 4.79 Å². The van der Waals surface area contributed by atoms with Crippen molar-refractivity contribution in [2.45, 2.75) is 229 Å². The molecule has 75 heavy (non-hydrogen) atoms. The number of fused-ring (bicyclic) bond motifs is 7. The molecule has 0 spiro atoms. The number of carbonyl (C=O) groups excluding carboxylic acids is 2. The zero-order valence-electron chi connectivity index (χ0n) is 43.7. The molecule has 4 saturated heterocycles. The van der Waals surface area contributed by atoms with Crippen LogP contribution in [0.4, 0.5) is 0 Å². The molecule has 0 bridgehead atoms. The number of rotatable bonds is 10. The van der Waals surface area contributed by atoms with Crippen molar-refractivity contribution in [2.75, 3.05) is 19.8 Å². The molecule has 4 aliphatic heterocycles. The van der Waals surface area contributed by atoms with Gasteiger partial charge in [0.25, 0.3) is 0 Å². The van der Waals surface area contributed by atoms with E-state index in [0.29, 0.717) is 51.4 Å². The highest BCUT2D eigenvalue weighted by atomic mass is 16.8. The van der Waals surface area contributed by atoms with E-state index in [2.05, 4.69) is 33.8 Å². The number of hydrogen-bond acceptors (Lipinski definition) is 23. The largest absolute Gasteiger partial charge is 0.549 e. The van der Waals surface area contributed by atoms with E-state index in [1.54, 1.807) is 0 Å². The summed E-state index contributed by atoms with van der Waals surface area (Å²) in [5, 5.41) is 143. The van der Waals surface area contributed by atoms with Gasteiger partial charge in [-0.05, 0) is 104 Å². The van der Waals surface area contributed by atoms with E-state index in [-0.39, 0.29) is 30.3 Å². The molecule has 0 aromatic heterocycles. The van der Waals surface area contributed by atoms with Crippen molar-refractivity contribution in [1.82, 2.24) is 0 Å². The molecule has 9 aliphatic rings. The lowest BCUT2D eigenvalue weighted by Gasteiger charge is -2.72. The van der Waals surface area contributed by atoms with Crippen LogP contribution in [-0.2, 0) is 47.5 Å². The predicted molar refractivity (Wildman–Crippen MR) is 250 cm³/mol. The number of esters is 1. The number of allylic oxidation sites excluding steroid dienone is 2. The van der Waals surface area contributed by atoms with Gasteiger partial charge in [-0.3, -0.25) is 4.79 Å². The first-order valence-electron chi connectivity index (χ1n) is 26.7. The maximum atomic E-state index is 15.2. The van der Waals surface area contributed by atoms with E-state index in [0.717, 1.165) is 5.57 Å². The van der Waals surface area contributed by atoms with Gasteiger partial charge in [0.05, 0.1) is 49.5 Å². The van der Waals surface area contributed by atoms with Gasteiger partial charge in [0.1, 0.15) is 73.2 Å². The van der Waals surface area contributed by atoms with Crippen LogP contribution in [0.2, 0.25) is 0 Å². The summed E-state index contributed by atoms with van der Waals surface area (Å²) in [5.74, 6) is -3.23. The Morgan fingerprint density at radius 1 is 0.640 bits per heavy atom. The van der Waals surface area contributed by atoms with Crippen molar-refractivity contribution in [3.63, 3.8) is 0 Å². The van der Waals surface area contributed by atoms with Crippen LogP contribution in [0.1, 0.15) is 106 Å². The molecule has 428 valence electrons. The van der Waals surface area contributed by atoms with E-state index in [4.69, 9.17) is 37.9 Å². The van der Waals surface area contributed by atoms with Crippen LogP contribution in [0.25, 0.3) is 0 Å². The Balaban J connectivity index is 0.956. The van der Waals surface area contributed by atoms with Crippen LogP contribution >= 0.6 is 0 Å². The molecule has 12 N–H and O–H groups in total. The fourth-order valence-electron chi connectivity index (χ4n) is 16.0. The monoisotopic (exact) mass is 1070 g/mol. The third-order valence-corrected chi connectivity index (χ3v) is 20.7. The number of carbonyl (C=O) groups is 2. The number of carboxylic acid groups (broad SMARTS) is 1. The second-order valence-electron chi connectivity index (χ2n) is 25.3. The summed E-state index contributed by atoms with van der Waals surface area (Å²) in [6, 6.07) is 0. The highest BCUT2D eigenvalue weighted by Crippen LogP contribution is 2.76. The van der Waals surface area contributed by atoms with Gasteiger partial charge >= 0.3 is 5.97 Å². The molecule has 28 atom stereocenters. The summed E-state index contributed by atoms with van der Waals surface area (Å²) in [6.45, 7) is 12.2. The van der Waals surface area contributed by atoms with Gasteiger partial charge in [0, 0.05) is 5.41 Å². The fourth-order valence-corrected chi connectivity index (χ4v) is 16.0. The number of aliphatic hydroxyl groups is 12. The lowest BCUT2D eigenvalue weighted by Crippen LogP contribution is -2.71. The lowest BCUT2D eigenvalue weighted by molar-refractivity contribution is -0.368. The number of ether oxygens (including phenoxy) is 8. The molecule has 0 aromatic rings. The number of aliphatic carboxylic acids is 1. The normalized spacial score (nSPS) is 54.8. The second-order valence-corrected chi connectivity index (χ2v) is 25.3. The maximum absolute atomic E-state index is 15.2. The van der Waals surface area contributed by atoms with Crippen LogP contribution in [0.15, 0.2) is 11.6 Å². The van der Waals surface area contributed by atoms with Crippen molar-refractivity contribution < 1.29 is 114 Å². The van der Waals surface area contributed by atoms with E-state index in [1.807, 2.05) is 6.92 Å². The quantitative estimate of drug-likeness (QED) is 0.0588. The summed E-state index contributed by atoms with van der Waals surface area (Å²) in [5.41, 5.74) is -3.91. The minimum absolute atomic E-state index is 0.103.